The number of carbonyl (C=O) groups excluding carboxylic acids is 2. The Hall–Kier alpha value is -1.99. The van der Waals surface area contributed by atoms with E-state index in [-0.39, 0.29) is 11.4 Å². The highest BCUT2D eigenvalue weighted by Crippen LogP contribution is 2.41. The lowest BCUT2D eigenvalue weighted by Gasteiger charge is -2.25. The van der Waals surface area contributed by atoms with Gasteiger partial charge in [0.2, 0.25) is 5.78 Å². The molecule has 126 valence electrons. The van der Waals surface area contributed by atoms with Gasteiger partial charge in [0.25, 0.3) is 5.91 Å². The molecule has 1 unspecified atom stereocenters. The van der Waals surface area contributed by atoms with Gasteiger partial charge in [0, 0.05) is 11.4 Å². The van der Waals surface area contributed by atoms with Gasteiger partial charge in [-0.15, -0.1) is 22.7 Å². The third kappa shape index (κ3) is 2.67. The quantitative estimate of drug-likeness (QED) is 0.821. The van der Waals surface area contributed by atoms with Gasteiger partial charge < -0.3 is 10.0 Å². The maximum absolute atomic E-state index is 13.1. The molecule has 0 aromatic carbocycles. The summed E-state index contributed by atoms with van der Waals surface area (Å²) in [4.78, 5) is 32.8. The number of aliphatic hydroxyl groups excluding tert-OH is 1. The minimum atomic E-state index is -0.522. The Bertz CT molecular complexity index is 821. The number of thiophene rings is 1. The molecule has 24 heavy (non-hydrogen) atoms. The van der Waals surface area contributed by atoms with Gasteiger partial charge in [0.1, 0.15) is 0 Å². The first kappa shape index (κ1) is 16.9. The van der Waals surface area contributed by atoms with Gasteiger partial charge in [0.15, 0.2) is 5.76 Å². The van der Waals surface area contributed by atoms with E-state index >= 15 is 0 Å². The Balaban J connectivity index is 2.10. The predicted molar refractivity (Wildman–Crippen MR) is 94.6 cm³/mol. The lowest BCUT2D eigenvalue weighted by molar-refractivity contribution is -0.129. The van der Waals surface area contributed by atoms with Crippen LogP contribution < -0.4 is 0 Å². The van der Waals surface area contributed by atoms with Gasteiger partial charge in [-0.25, -0.2) is 4.98 Å². The van der Waals surface area contributed by atoms with E-state index in [0.29, 0.717) is 17.1 Å². The van der Waals surface area contributed by atoms with E-state index in [0.717, 1.165) is 16.3 Å². The van der Waals surface area contributed by atoms with E-state index in [9.17, 15) is 14.7 Å². The molecule has 1 amide bonds. The van der Waals surface area contributed by atoms with Crippen LogP contribution in [0.3, 0.4) is 0 Å². The van der Waals surface area contributed by atoms with Crippen molar-refractivity contribution in [1.82, 2.24) is 9.88 Å². The van der Waals surface area contributed by atoms with E-state index in [1.54, 1.807) is 11.8 Å². The molecule has 0 saturated carbocycles. The number of hydrogen-bond acceptors (Lipinski definition) is 6. The molecular weight excluding hydrogens is 344 g/mol. The first-order valence-corrected chi connectivity index (χ1v) is 9.41. The molecule has 7 heteroatoms. The minimum absolute atomic E-state index is 0.169. The van der Waals surface area contributed by atoms with E-state index in [2.05, 4.69) is 4.98 Å². The number of Topliss-reactive ketones (excluding diaryl/α,β-unsaturated/α-hetero) is 1. The number of amides is 1. The highest BCUT2D eigenvalue weighted by molar-refractivity contribution is 7.14. The zero-order valence-corrected chi connectivity index (χ0v) is 15.3. The molecule has 2 aromatic heterocycles. The van der Waals surface area contributed by atoms with E-state index in [1.165, 1.54) is 22.7 Å². The third-order valence-corrected chi connectivity index (χ3v) is 5.93. The smallest absolute Gasteiger partial charge is 0.290 e. The number of aryl methyl sites for hydroxylation is 2. The summed E-state index contributed by atoms with van der Waals surface area (Å²) in [6, 6.07) is 3.25. The maximum atomic E-state index is 13.1. The Morgan fingerprint density at radius 3 is 2.71 bits per heavy atom. The molecule has 0 spiro atoms. The summed E-state index contributed by atoms with van der Waals surface area (Å²) >= 11 is 2.77. The maximum Gasteiger partial charge on any atom is 0.290 e. The summed E-state index contributed by atoms with van der Waals surface area (Å²) < 4.78 is 0. The van der Waals surface area contributed by atoms with Crippen molar-refractivity contribution in [3.05, 3.63) is 49.3 Å². The number of carbonyl (C=O) groups is 2. The number of aromatic nitrogens is 1. The van der Waals surface area contributed by atoms with Crippen molar-refractivity contribution in [3.63, 3.8) is 0 Å². The molecule has 2 aromatic rings. The zero-order chi connectivity index (χ0) is 17.4. The van der Waals surface area contributed by atoms with Crippen LogP contribution in [-0.4, -0.2) is 33.2 Å². The molecule has 0 saturated heterocycles. The average molecular weight is 362 g/mol. The van der Waals surface area contributed by atoms with Crippen LogP contribution in [0.1, 0.15) is 44.6 Å². The van der Waals surface area contributed by atoms with Crippen molar-refractivity contribution in [1.29, 1.82) is 0 Å². The van der Waals surface area contributed by atoms with Crippen molar-refractivity contribution >= 4 is 34.4 Å². The van der Waals surface area contributed by atoms with Crippen molar-refractivity contribution in [2.24, 2.45) is 0 Å². The standard InChI is InChI=1S/C17H18N2O3S2/c1-4-7-19-13(11-6-5-8-23-11)12(15(21)17(19)22)14(20)16-9(2)18-10(3)24-16/h5-6,8,13,21H,4,7H2,1-3H3. The van der Waals surface area contributed by atoms with Crippen LogP contribution in [0, 0.1) is 13.8 Å². The predicted octanol–water partition coefficient (Wildman–Crippen LogP) is 3.81. The Kier molecular flexibility index (Phi) is 4.56. The van der Waals surface area contributed by atoms with Crippen LogP contribution in [0.15, 0.2) is 28.8 Å². The summed E-state index contributed by atoms with van der Waals surface area (Å²) in [6.45, 7) is 6.06. The van der Waals surface area contributed by atoms with Crippen LogP contribution in [-0.2, 0) is 4.79 Å². The summed E-state index contributed by atoms with van der Waals surface area (Å²) in [5.41, 5.74) is 0.803. The highest BCUT2D eigenvalue weighted by atomic mass is 32.1. The van der Waals surface area contributed by atoms with Crippen molar-refractivity contribution in [3.8, 4) is 0 Å². The fourth-order valence-corrected chi connectivity index (χ4v) is 4.68. The lowest BCUT2D eigenvalue weighted by atomic mass is 10.0. The van der Waals surface area contributed by atoms with Gasteiger partial charge in [-0.1, -0.05) is 13.0 Å². The van der Waals surface area contributed by atoms with E-state index < -0.39 is 17.7 Å². The Morgan fingerprint density at radius 1 is 1.42 bits per heavy atom. The van der Waals surface area contributed by atoms with Gasteiger partial charge >= 0.3 is 0 Å². The third-order valence-electron chi connectivity index (χ3n) is 3.94. The fourth-order valence-electron chi connectivity index (χ4n) is 2.96. The lowest BCUT2D eigenvalue weighted by Crippen LogP contribution is -2.31. The average Bonchev–Trinajstić information content (AvgIpc) is 3.22. The van der Waals surface area contributed by atoms with Gasteiger partial charge in [-0.05, 0) is 31.7 Å². The van der Waals surface area contributed by atoms with Crippen molar-refractivity contribution in [2.45, 2.75) is 33.2 Å². The molecule has 0 aliphatic carbocycles. The number of hydrogen-bond donors (Lipinski definition) is 1. The number of rotatable bonds is 5. The fraction of sp³-hybridized carbons (Fsp3) is 0.353. The molecule has 5 nitrogen and oxygen atoms in total. The van der Waals surface area contributed by atoms with Gasteiger partial charge in [0.05, 0.1) is 27.2 Å². The van der Waals surface area contributed by atoms with Crippen LogP contribution in [0.5, 0.6) is 0 Å². The van der Waals surface area contributed by atoms with E-state index in [4.69, 9.17) is 0 Å². The van der Waals surface area contributed by atoms with Crippen LogP contribution in [0.2, 0.25) is 0 Å². The normalized spacial score (nSPS) is 17.9. The Labute approximate surface area is 148 Å². The minimum Gasteiger partial charge on any atom is -0.503 e. The summed E-state index contributed by atoms with van der Waals surface area (Å²) in [6.07, 6.45) is 0.751. The molecule has 3 rings (SSSR count). The molecule has 1 N–H and O–H groups in total. The number of ketones is 1. The number of nitrogens with zero attached hydrogens (tertiary/aromatic N) is 2. The largest absolute Gasteiger partial charge is 0.503 e. The molecule has 3 heterocycles. The second-order valence-corrected chi connectivity index (χ2v) is 7.84. The molecule has 0 fully saturated rings. The van der Waals surface area contributed by atoms with E-state index in [1.807, 2.05) is 31.4 Å². The first-order valence-electron chi connectivity index (χ1n) is 7.71. The molecule has 0 bridgehead atoms. The zero-order valence-electron chi connectivity index (χ0n) is 13.7. The topological polar surface area (TPSA) is 70.5 Å². The van der Waals surface area contributed by atoms with Crippen molar-refractivity contribution < 1.29 is 14.7 Å². The number of aliphatic hydroxyl groups is 1. The number of thiazole rings is 1. The van der Waals surface area contributed by atoms with Crippen LogP contribution in [0.4, 0.5) is 0 Å². The van der Waals surface area contributed by atoms with Gasteiger partial charge in [-0.3, -0.25) is 9.59 Å². The van der Waals surface area contributed by atoms with Crippen LogP contribution >= 0.6 is 22.7 Å². The molecule has 1 atom stereocenters. The monoisotopic (exact) mass is 362 g/mol. The summed E-state index contributed by atoms with van der Waals surface area (Å²) in [5, 5.41) is 13.1. The second kappa shape index (κ2) is 6.49. The summed E-state index contributed by atoms with van der Waals surface area (Å²) in [7, 11) is 0. The SMILES string of the molecule is CCCN1C(=O)C(O)=C(C(=O)c2sc(C)nc2C)C1c1cccs1. The van der Waals surface area contributed by atoms with Crippen molar-refractivity contribution in [2.75, 3.05) is 6.54 Å². The summed E-state index contributed by atoms with van der Waals surface area (Å²) in [5.74, 6) is -1.21. The Morgan fingerprint density at radius 2 is 2.17 bits per heavy atom. The molecular formula is C17H18N2O3S2. The molecule has 0 radical (unpaired) electrons. The highest BCUT2D eigenvalue weighted by Gasteiger charge is 2.44. The second-order valence-electron chi connectivity index (χ2n) is 5.66. The molecule has 1 aliphatic heterocycles. The molecule has 1 aliphatic rings. The van der Waals surface area contributed by atoms with Gasteiger partial charge in [-0.2, -0.15) is 0 Å². The first-order chi connectivity index (χ1) is 11.5. The van der Waals surface area contributed by atoms with Crippen LogP contribution in [0.25, 0.3) is 0 Å².